The molecule has 0 aromatic heterocycles. The predicted octanol–water partition coefficient (Wildman–Crippen LogP) is 2.00. The molecule has 0 amide bonds. The first-order valence-electron chi connectivity index (χ1n) is 6.70. The van der Waals surface area contributed by atoms with Gasteiger partial charge in [0, 0.05) is 20.2 Å². The molecule has 0 saturated carbocycles. The molecule has 0 bridgehead atoms. The Morgan fingerprint density at radius 2 is 2.16 bits per heavy atom. The van der Waals surface area contributed by atoms with Gasteiger partial charge in [-0.15, -0.1) is 0 Å². The first-order chi connectivity index (χ1) is 9.19. The van der Waals surface area contributed by atoms with Crippen LogP contribution >= 0.6 is 0 Å². The predicted molar refractivity (Wildman–Crippen MR) is 72.9 cm³/mol. The highest BCUT2D eigenvalue weighted by atomic mass is 16.5. The summed E-state index contributed by atoms with van der Waals surface area (Å²) in [6.45, 7) is 2.65. The lowest BCUT2D eigenvalue weighted by atomic mass is 9.90. The van der Waals surface area contributed by atoms with Crippen LogP contribution in [0.3, 0.4) is 0 Å². The summed E-state index contributed by atoms with van der Waals surface area (Å²) in [4.78, 5) is 13.2. The van der Waals surface area contributed by atoms with Crippen LogP contribution in [0.1, 0.15) is 18.4 Å². The summed E-state index contributed by atoms with van der Waals surface area (Å²) in [6.07, 6.45) is 1.11. The van der Waals surface area contributed by atoms with E-state index in [1.165, 1.54) is 5.56 Å². The van der Waals surface area contributed by atoms with Crippen LogP contribution in [0, 0.1) is 5.92 Å². The zero-order valence-corrected chi connectivity index (χ0v) is 11.3. The molecule has 1 fully saturated rings. The van der Waals surface area contributed by atoms with E-state index in [0.717, 1.165) is 26.1 Å². The molecule has 1 heterocycles. The molecule has 2 unspecified atom stereocenters. The quantitative estimate of drug-likeness (QED) is 0.882. The van der Waals surface area contributed by atoms with Gasteiger partial charge in [-0.3, -0.25) is 9.69 Å². The van der Waals surface area contributed by atoms with Crippen LogP contribution < -0.4 is 0 Å². The van der Waals surface area contributed by atoms with Crippen molar-refractivity contribution in [2.24, 2.45) is 5.92 Å². The SMILES string of the molecule is COC1CN(Cc2ccccc2)CCC1CC(=O)O. The molecule has 19 heavy (non-hydrogen) atoms. The third-order valence-corrected chi connectivity index (χ3v) is 3.77. The highest BCUT2D eigenvalue weighted by molar-refractivity contribution is 5.67. The third-order valence-electron chi connectivity index (χ3n) is 3.77. The number of carboxylic acid groups (broad SMARTS) is 1. The Morgan fingerprint density at radius 3 is 2.79 bits per heavy atom. The summed E-state index contributed by atoms with van der Waals surface area (Å²) < 4.78 is 5.47. The van der Waals surface area contributed by atoms with Crippen molar-refractivity contribution in [3.8, 4) is 0 Å². The lowest BCUT2D eigenvalue weighted by Crippen LogP contribution is -2.44. The number of carboxylic acids is 1. The number of rotatable bonds is 5. The molecule has 0 aliphatic carbocycles. The number of methoxy groups -OCH3 is 1. The second kappa shape index (κ2) is 6.68. The maximum Gasteiger partial charge on any atom is 0.303 e. The third kappa shape index (κ3) is 4.04. The zero-order chi connectivity index (χ0) is 13.7. The molecular formula is C15H21NO3. The number of hydrogen-bond donors (Lipinski definition) is 1. The molecule has 1 N–H and O–H groups in total. The van der Waals surface area contributed by atoms with Gasteiger partial charge in [-0.05, 0) is 24.4 Å². The average Bonchev–Trinajstić information content (AvgIpc) is 2.41. The van der Waals surface area contributed by atoms with Gasteiger partial charge < -0.3 is 9.84 Å². The average molecular weight is 263 g/mol. The van der Waals surface area contributed by atoms with Crippen molar-refractivity contribution in [2.45, 2.75) is 25.5 Å². The molecular weight excluding hydrogens is 242 g/mol. The Labute approximate surface area is 114 Å². The van der Waals surface area contributed by atoms with Crippen molar-refractivity contribution in [1.82, 2.24) is 4.90 Å². The molecule has 1 aromatic rings. The van der Waals surface area contributed by atoms with Crippen LogP contribution in [0.25, 0.3) is 0 Å². The highest BCUT2D eigenvalue weighted by Crippen LogP contribution is 2.24. The molecule has 1 aromatic carbocycles. The summed E-state index contributed by atoms with van der Waals surface area (Å²) in [5.74, 6) is -0.599. The molecule has 1 aliphatic heterocycles. The number of piperidine rings is 1. The number of ether oxygens (including phenoxy) is 1. The van der Waals surface area contributed by atoms with Gasteiger partial charge in [0.05, 0.1) is 12.5 Å². The van der Waals surface area contributed by atoms with E-state index in [9.17, 15) is 4.79 Å². The number of aliphatic carboxylic acids is 1. The van der Waals surface area contributed by atoms with Crippen molar-refractivity contribution < 1.29 is 14.6 Å². The van der Waals surface area contributed by atoms with Crippen LogP contribution in [0.4, 0.5) is 0 Å². The second-order valence-electron chi connectivity index (χ2n) is 5.14. The van der Waals surface area contributed by atoms with Gasteiger partial charge in [0.1, 0.15) is 0 Å². The fourth-order valence-electron chi connectivity index (χ4n) is 2.74. The topological polar surface area (TPSA) is 49.8 Å². The van der Waals surface area contributed by atoms with E-state index in [0.29, 0.717) is 0 Å². The van der Waals surface area contributed by atoms with Gasteiger partial charge in [-0.1, -0.05) is 30.3 Å². The first-order valence-corrected chi connectivity index (χ1v) is 6.70. The Kier molecular flexibility index (Phi) is 4.93. The largest absolute Gasteiger partial charge is 0.481 e. The minimum Gasteiger partial charge on any atom is -0.481 e. The van der Waals surface area contributed by atoms with Crippen molar-refractivity contribution >= 4 is 5.97 Å². The van der Waals surface area contributed by atoms with E-state index in [4.69, 9.17) is 9.84 Å². The number of hydrogen-bond acceptors (Lipinski definition) is 3. The summed E-state index contributed by atoms with van der Waals surface area (Å²) >= 11 is 0. The fraction of sp³-hybridized carbons (Fsp3) is 0.533. The molecule has 4 nitrogen and oxygen atoms in total. The van der Waals surface area contributed by atoms with E-state index in [1.807, 2.05) is 18.2 Å². The van der Waals surface area contributed by atoms with Crippen LogP contribution in [0.2, 0.25) is 0 Å². The minimum absolute atomic E-state index is 0.0218. The van der Waals surface area contributed by atoms with E-state index in [1.54, 1.807) is 7.11 Å². The summed E-state index contributed by atoms with van der Waals surface area (Å²) in [7, 11) is 1.67. The molecule has 1 saturated heterocycles. The number of benzene rings is 1. The van der Waals surface area contributed by atoms with E-state index in [-0.39, 0.29) is 18.4 Å². The van der Waals surface area contributed by atoms with Gasteiger partial charge in [-0.25, -0.2) is 0 Å². The summed E-state index contributed by atoms with van der Waals surface area (Å²) in [5, 5.41) is 8.91. The maximum absolute atomic E-state index is 10.8. The molecule has 0 radical (unpaired) electrons. The number of nitrogens with zero attached hydrogens (tertiary/aromatic N) is 1. The standard InChI is InChI=1S/C15H21NO3/c1-19-14-11-16(8-7-13(14)9-15(17)18)10-12-5-3-2-4-6-12/h2-6,13-14H,7-11H2,1H3,(H,17,18). The van der Waals surface area contributed by atoms with Gasteiger partial charge in [-0.2, -0.15) is 0 Å². The minimum atomic E-state index is -0.733. The second-order valence-corrected chi connectivity index (χ2v) is 5.14. The molecule has 0 spiro atoms. The van der Waals surface area contributed by atoms with Crippen molar-refractivity contribution in [3.63, 3.8) is 0 Å². The van der Waals surface area contributed by atoms with Gasteiger partial charge in [0.2, 0.25) is 0 Å². The number of likely N-dealkylation sites (tertiary alicyclic amines) is 1. The monoisotopic (exact) mass is 263 g/mol. The van der Waals surface area contributed by atoms with E-state index >= 15 is 0 Å². The zero-order valence-electron chi connectivity index (χ0n) is 11.3. The van der Waals surface area contributed by atoms with Crippen molar-refractivity contribution in [1.29, 1.82) is 0 Å². The number of carbonyl (C=O) groups is 1. The maximum atomic E-state index is 10.8. The van der Waals surface area contributed by atoms with Crippen LogP contribution in [0.5, 0.6) is 0 Å². The molecule has 1 aliphatic rings. The summed E-state index contributed by atoms with van der Waals surface area (Å²) in [5.41, 5.74) is 1.29. The fourth-order valence-corrected chi connectivity index (χ4v) is 2.74. The highest BCUT2D eigenvalue weighted by Gasteiger charge is 2.30. The van der Waals surface area contributed by atoms with E-state index < -0.39 is 5.97 Å². The van der Waals surface area contributed by atoms with Crippen molar-refractivity contribution in [3.05, 3.63) is 35.9 Å². The van der Waals surface area contributed by atoms with Crippen molar-refractivity contribution in [2.75, 3.05) is 20.2 Å². The molecule has 104 valence electrons. The normalized spacial score (nSPS) is 24.3. The Bertz CT molecular complexity index is 407. The molecule has 4 heteroatoms. The Hall–Kier alpha value is -1.39. The van der Waals surface area contributed by atoms with Crippen LogP contribution in [0.15, 0.2) is 30.3 Å². The molecule has 2 rings (SSSR count). The van der Waals surface area contributed by atoms with Crippen LogP contribution in [-0.4, -0.2) is 42.3 Å². The van der Waals surface area contributed by atoms with E-state index in [2.05, 4.69) is 17.0 Å². The van der Waals surface area contributed by atoms with Crippen LogP contribution in [-0.2, 0) is 16.1 Å². The summed E-state index contributed by atoms with van der Waals surface area (Å²) in [6, 6.07) is 10.3. The first kappa shape index (κ1) is 14.0. The van der Waals surface area contributed by atoms with Gasteiger partial charge in [0.15, 0.2) is 0 Å². The van der Waals surface area contributed by atoms with Gasteiger partial charge in [0.25, 0.3) is 0 Å². The Balaban J connectivity index is 1.91. The molecule has 2 atom stereocenters. The lowest BCUT2D eigenvalue weighted by molar-refractivity contribution is -0.140. The smallest absolute Gasteiger partial charge is 0.303 e. The Morgan fingerprint density at radius 1 is 1.42 bits per heavy atom. The van der Waals surface area contributed by atoms with Gasteiger partial charge >= 0.3 is 5.97 Å². The lowest BCUT2D eigenvalue weighted by Gasteiger charge is -2.37.